The zero-order valence-corrected chi connectivity index (χ0v) is 11.8. The summed E-state index contributed by atoms with van der Waals surface area (Å²) in [5.74, 6) is 0.802. The predicted molar refractivity (Wildman–Crippen MR) is 67.2 cm³/mol. The highest BCUT2D eigenvalue weighted by atomic mass is 79.9. The quantitative estimate of drug-likeness (QED) is 0.836. The van der Waals surface area contributed by atoms with E-state index in [1.54, 1.807) is 0 Å². The summed E-state index contributed by atoms with van der Waals surface area (Å²) in [6.45, 7) is 3.85. The van der Waals surface area contributed by atoms with Crippen molar-refractivity contribution in [3.63, 3.8) is 0 Å². The summed E-state index contributed by atoms with van der Waals surface area (Å²) >= 11 is 6.71. The molecule has 1 rings (SSSR count). The number of halogens is 2. The molecule has 2 nitrogen and oxygen atoms in total. The molecule has 0 aliphatic heterocycles. The molecular formula is C11H12Br2O2. The SMILES string of the molecule is CC(C)C(=O)COc1ccc(Br)cc1Br. The van der Waals surface area contributed by atoms with Crippen LogP contribution < -0.4 is 4.74 Å². The molecule has 0 bridgehead atoms. The number of carbonyl (C=O) groups excluding carboxylic acids is 1. The van der Waals surface area contributed by atoms with Gasteiger partial charge in [-0.2, -0.15) is 0 Å². The van der Waals surface area contributed by atoms with Crippen LogP contribution in [0.2, 0.25) is 0 Å². The average molecular weight is 336 g/mol. The minimum absolute atomic E-state index is 0.0132. The van der Waals surface area contributed by atoms with Gasteiger partial charge in [0.15, 0.2) is 5.78 Å². The van der Waals surface area contributed by atoms with E-state index in [0.29, 0.717) is 5.75 Å². The number of hydrogen-bond acceptors (Lipinski definition) is 2. The van der Waals surface area contributed by atoms with Gasteiger partial charge in [-0.25, -0.2) is 0 Å². The van der Waals surface area contributed by atoms with Gasteiger partial charge in [-0.15, -0.1) is 0 Å². The van der Waals surface area contributed by atoms with Gasteiger partial charge in [0.2, 0.25) is 0 Å². The van der Waals surface area contributed by atoms with Gasteiger partial charge in [0, 0.05) is 10.4 Å². The molecule has 4 heteroatoms. The highest BCUT2D eigenvalue weighted by Gasteiger charge is 2.09. The molecule has 0 radical (unpaired) electrons. The van der Waals surface area contributed by atoms with Crippen molar-refractivity contribution in [2.24, 2.45) is 5.92 Å². The largest absolute Gasteiger partial charge is 0.485 e. The van der Waals surface area contributed by atoms with Gasteiger partial charge in [0.05, 0.1) is 4.47 Å². The minimum Gasteiger partial charge on any atom is -0.485 e. The first kappa shape index (κ1) is 12.7. The molecule has 0 saturated carbocycles. The summed E-state index contributed by atoms with van der Waals surface area (Å²) in [5.41, 5.74) is 0. The fourth-order valence-corrected chi connectivity index (χ4v) is 2.07. The van der Waals surface area contributed by atoms with E-state index in [4.69, 9.17) is 4.74 Å². The van der Waals surface area contributed by atoms with Gasteiger partial charge in [-0.05, 0) is 34.1 Å². The van der Waals surface area contributed by atoms with Crippen LogP contribution in [-0.2, 0) is 4.79 Å². The number of Topliss-reactive ketones (excluding diaryl/α,β-unsaturated/α-hetero) is 1. The Bertz CT molecular complexity index is 362. The van der Waals surface area contributed by atoms with Crippen LogP contribution in [0.25, 0.3) is 0 Å². The number of ketones is 1. The van der Waals surface area contributed by atoms with Crippen LogP contribution in [-0.4, -0.2) is 12.4 Å². The van der Waals surface area contributed by atoms with Crippen molar-refractivity contribution >= 4 is 37.6 Å². The van der Waals surface area contributed by atoms with Crippen LogP contribution in [0.15, 0.2) is 27.1 Å². The second-order valence-electron chi connectivity index (χ2n) is 3.48. The van der Waals surface area contributed by atoms with Gasteiger partial charge in [-0.3, -0.25) is 4.79 Å². The zero-order chi connectivity index (χ0) is 11.4. The van der Waals surface area contributed by atoms with E-state index in [1.165, 1.54) is 0 Å². The molecule has 0 fully saturated rings. The maximum Gasteiger partial charge on any atom is 0.172 e. The molecule has 0 amide bonds. The Balaban J connectivity index is 2.62. The van der Waals surface area contributed by atoms with Crippen LogP contribution in [0, 0.1) is 5.92 Å². The fraction of sp³-hybridized carbons (Fsp3) is 0.364. The Morgan fingerprint density at radius 1 is 1.40 bits per heavy atom. The summed E-state index contributed by atoms with van der Waals surface area (Å²) in [7, 11) is 0. The van der Waals surface area contributed by atoms with E-state index in [9.17, 15) is 4.79 Å². The molecule has 0 atom stereocenters. The topological polar surface area (TPSA) is 26.3 Å². The number of carbonyl (C=O) groups is 1. The van der Waals surface area contributed by atoms with Crippen molar-refractivity contribution in [2.75, 3.05) is 6.61 Å². The standard InChI is InChI=1S/C11H12Br2O2/c1-7(2)10(14)6-15-11-4-3-8(12)5-9(11)13/h3-5,7H,6H2,1-2H3. The van der Waals surface area contributed by atoms with Crippen molar-refractivity contribution in [3.05, 3.63) is 27.1 Å². The van der Waals surface area contributed by atoms with Gasteiger partial charge in [-0.1, -0.05) is 29.8 Å². The fourth-order valence-electron chi connectivity index (χ4n) is 0.908. The lowest BCUT2D eigenvalue weighted by molar-refractivity contribution is -0.123. The van der Waals surface area contributed by atoms with E-state index in [1.807, 2.05) is 32.0 Å². The zero-order valence-electron chi connectivity index (χ0n) is 8.59. The summed E-state index contributed by atoms with van der Waals surface area (Å²) in [4.78, 5) is 11.3. The third kappa shape index (κ3) is 3.95. The van der Waals surface area contributed by atoms with Crippen LogP contribution in [0.1, 0.15) is 13.8 Å². The van der Waals surface area contributed by atoms with Crippen LogP contribution in [0.3, 0.4) is 0 Å². The first-order valence-electron chi connectivity index (χ1n) is 4.61. The Morgan fingerprint density at radius 3 is 2.60 bits per heavy atom. The molecule has 1 aromatic carbocycles. The van der Waals surface area contributed by atoms with E-state index in [0.717, 1.165) is 8.95 Å². The molecule has 0 saturated heterocycles. The minimum atomic E-state index is 0.0132. The van der Waals surface area contributed by atoms with Gasteiger partial charge < -0.3 is 4.74 Å². The Hall–Kier alpha value is -0.350. The maximum atomic E-state index is 11.3. The van der Waals surface area contributed by atoms with Gasteiger partial charge in [0.1, 0.15) is 12.4 Å². The second kappa shape index (κ2) is 5.66. The van der Waals surface area contributed by atoms with Gasteiger partial charge in [0.25, 0.3) is 0 Å². The summed E-state index contributed by atoms with van der Waals surface area (Å²) in [5, 5.41) is 0. The van der Waals surface area contributed by atoms with Crippen LogP contribution in [0.5, 0.6) is 5.75 Å². The molecule has 0 aliphatic carbocycles. The lowest BCUT2D eigenvalue weighted by Gasteiger charge is -2.09. The molecule has 15 heavy (non-hydrogen) atoms. The van der Waals surface area contributed by atoms with Crippen molar-refractivity contribution in [3.8, 4) is 5.75 Å². The highest BCUT2D eigenvalue weighted by molar-refractivity contribution is 9.11. The number of benzene rings is 1. The molecule has 0 N–H and O–H groups in total. The summed E-state index contributed by atoms with van der Waals surface area (Å²) in [6, 6.07) is 5.58. The van der Waals surface area contributed by atoms with E-state index in [-0.39, 0.29) is 18.3 Å². The second-order valence-corrected chi connectivity index (χ2v) is 5.25. The van der Waals surface area contributed by atoms with Crippen molar-refractivity contribution in [1.29, 1.82) is 0 Å². The molecule has 0 heterocycles. The molecule has 0 aromatic heterocycles. The monoisotopic (exact) mass is 334 g/mol. The molecule has 82 valence electrons. The average Bonchev–Trinajstić information content (AvgIpc) is 2.15. The summed E-state index contributed by atoms with van der Waals surface area (Å²) < 4.78 is 7.21. The van der Waals surface area contributed by atoms with E-state index < -0.39 is 0 Å². The third-order valence-electron chi connectivity index (χ3n) is 1.91. The highest BCUT2D eigenvalue weighted by Crippen LogP contribution is 2.28. The smallest absolute Gasteiger partial charge is 0.172 e. The van der Waals surface area contributed by atoms with Crippen LogP contribution in [0.4, 0.5) is 0 Å². The number of hydrogen-bond donors (Lipinski definition) is 0. The molecule has 0 spiro atoms. The normalized spacial score (nSPS) is 10.5. The first-order chi connectivity index (χ1) is 7.00. The molecular weight excluding hydrogens is 324 g/mol. The van der Waals surface area contributed by atoms with Crippen molar-refractivity contribution in [1.82, 2.24) is 0 Å². The van der Waals surface area contributed by atoms with Crippen molar-refractivity contribution in [2.45, 2.75) is 13.8 Å². The molecule has 1 aromatic rings. The Morgan fingerprint density at radius 2 is 2.07 bits per heavy atom. The van der Waals surface area contributed by atoms with E-state index >= 15 is 0 Å². The Kier molecular flexibility index (Phi) is 4.80. The maximum absolute atomic E-state index is 11.3. The van der Waals surface area contributed by atoms with Gasteiger partial charge >= 0.3 is 0 Å². The van der Waals surface area contributed by atoms with Crippen LogP contribution >= 0.6 is 31.9 Å². The predicted octanol–water partition coefficient (Wildman–Crippen LogP) is 3.82. The number of ether oxygens (including phenoxy) is 1. The first-order valence-corrected chi connectivity index (χ1v) is 6.20. The van der Waals surface area contributed by atoms with Crippen molar-refractivity contribution < 1.29 is 9.53 Å². The summed E-state index contributed by atoms with van der Waals surface area (Å²) in [6.07, 6.45) is 0. The Labute approximate surface area is 106 Å². The third-order valence-corrected chi connectivity index (χ3v) is 3.02. The number of rotatable bonds is 4. The lowest BCUT2D eigenvalue weighted by atomic mass is 10.1. The van der Waals surface area contributed by atoms with E-state index in [2.05, 4.69) is 31.9 Å². The molecule has 0 aliphatic rings. The lowest BCUT2D eigenvalue weighted by Crippen LogP contribution is -2.16. The molecule has 0 unspecified atom stereocenters.